The number of hydrogen-bond acceptors (Lipinski definition) is 3. The van der Waals surface area contributed by atoms with Crippen LogP contribution in [0.3, 0.4) is 0 Å². The summed E-state index contributed by atoms with van der Waals surface area (Å²) in [7, 11) is 1.77. The highest BCUT2D eigenvalue weighted by molar-refractivity contribution is 8.14. The van der Waals surface area contributed by atoms with Crippen LogP contribution in [-0.2, 0) is 4.74 Å². The largest absolute Gasteiger partial charge is 0.465 e. The highest BCUT2D eigenvalue weighted by atomic mass is 32.2. The summed E-state index contributed by atoms with van der Waals surface area (Å²) in [5.41, 5.74) is 1.12. The van der Waals surface area contributed by atoms with E-state index < -0.39 is 0 Å². The van der Waals surface area contributed by atoms with Crippen molar-refractivity contribution in [2.75, 3.05) is 7.05 Å². The second-order valence-corrected chi connectivity index (χ2v) is 5.16. The number of hydrogen-bond donors (Lipinski definition) is 0. The lowest BCUT2D eigenvalue weighted by Crippen LogP contribution is -2.25. The van der Waals surface area contributed by atoms with Crippen molar-refractivity contribution in [1.29, 1.82) is 0 Å². The Morgan fingerprint density at radius 3 is 2.47 bits per heavy atom. The molecular weight excluding hydrogens is 206 g/mol. The molecule has 0 aliphatic carbocycles. The highest BCUT2D eigenvalue weighted by Gasteiger charge is 2.42. The average Bonchev–Trinajstić information content (AvgIpc) is 2.55. The molecule has 0 aromatic heterocycles. The Morgan fingerprint density at radius 2 is 1.93 bits per heavy atom. The average molecular weight is 221 g/mol. The zero-order valence-corrected chi connectivity index (χ0v) is 10.0. The summed E-state index contributed by atoms with van der Waals surface area (Å²) in [6.45, 7) is 4.21. The molecule has 0 bridgehead atoms. The zero-order chi connectivity index (χ0) is 10.9. The van der Waals surface area contributed by atoms with Gasteiger partial charge in [-0.15, -0.1) is 0 Å². The third kappa shape index (κ3) is 2.02. The topological polar surface area (TPSA) is 21.6 Å². The Bertz CT molecular complexity index is 372. The quantitative estimate of drug-likeness (QED) is 0.726. The van der Waals surface area contributed by atoms with Gasteiger partial charge in [-0.25, -0.2) is 4.99 Å². The number of aliphatic imine (C=N–C) groups is 1. The van der Waals surface area contributed by atoms with Crippen LogP contribution in [-0.4, -0.2) is 17.9 Å². The van der Waals surface area contributed by atoms with E-state index in [1.807, 2.05) is 6.07 Å². The maximum atomic E-state index is 5.78. The van der Waals surface area contributed by atoms with Crippen LogP contribution in [0.1, 0.15) is 24.7 Å². The minimum absolute atomic E-state index is 0.180. The van der Waals surface area contributed by atoms with Crippen molar-refractivity contribution in [2.45, 2.75) is 24.7 Å². The molecule has 0 radical (unpaired) electrons. The Balaban J connectivity index is 2.31. The summed E-state index contributed by atoms with van der Waals surface area (Å²) in [5, 5.41) is 1.12. The lowest BCUT2D eigenvalue weighted by Gasteiger charge is -2.23. The van der Waals surface area contributed by atoms with Crippen LogP contribution in [0, 0.1) is 0 Å². The third-order valence-electron chi connectivity index (χ3n) is 2.49. The van der Waals surface area contributed by atoms with Gasteiger partial charge < -0.3 is 4.74 Å². The number of ether oxygens (including phenoxy) is 1. The summed E-state index contributed by atoms with van der Waals surface area (Å²) < 4.78 is 5.78. The van der Waals surface area contributed by atoms with Crippen LogP contribution in [0.25, 0.3) is 0 Å². The molecule has 1 aromatic carbocycles. The number of thioether (sulfide) groups is 1. The van der Waals surface area contributed by atoms with Crippen molar-refractivity contribution in [3.05, 3.63) is 35.9 Å². The molecule has 1 aliphatic rings. The van der Waals surface area contributed by atoms with Gasteiger partial charge in [0.15, 0.2) is 0 Å². The van der Waals surface area contributed by atoms with Gasteiger partial charge in [-0.3, -0.25) is 0 Å². The summed E-state index contributed by atoms with van der Waals surface area (Å²) in [5.74, 6) is 0. The molecule has 1 heterocycles. The first-order valence-electron chi connectivity index (χ1n) is 5.01. The van der Waals surface area contributed by atoms with Crippen molar-refractivity contribution in [3.8, 4) is 0 Å². The van der Waals surface area contributed by atoms with E-state index in [1.54, 1.807) is 18.8 Å². The van der Waals surface area contributed by atoms with Crippen LogP contribution in [0.5, 0.6) is 0 Å². The predicted octanol–water partition coefficient (Wildman–Crippen LogP) is 3.26. The summed E-state index contributed by atoms with van der Waals surface area (Å²) in [4.78, 5) is 4.12. The maximum Gasteiger partial charge on any atom is 0.246 e. The Morgan fingerprint density at radius 1 is 1.27 bits per heavy atom. The van der Waals surface area contributed by atoms with Gasteiger partial charge in [-0.05, 0) is 19.4 Å². The van der Waals surface area contributed by atoms with Crippen LogP contribution in [0.4, 0.5) is 0 Å². The predicted molar refractivity (Wildman–Crippen MR) is 65.3 cm³/mol. The van der Waals surface area contributed by atoms with E-state index in [2.05, 4.69) is 43.1 Å². The summed E-state index contributed by atoms with van der Waals surface area (Å²) >= 11 is 1.70. The minimum atomic E-state index is -0.180. The van der Waals surface area contributed by atoms with E-state index in [1.165, 1.54) is 5.56 Å². The van der Waals surface area contributed by atoms with Gasteiger partial charge in [-0.1, -0.05) is 42.1 Å². The Labute approximate surface area is 94.7 Å². The van der Waals surface area contributed by atoms with Gasteiger partial charge in [-0.2, -0.15) is 0 Å². The molecule has 1 aliphatic heterocycles. The molecule has 0 saturated carbocycles. The SMILES string of the molecule is CN=C1OC(C)(C)C(c2ccccc2)S1. The molecule has 80 valence electrons. The van der Waals surface area contributed by atoms with E-state index in [0.717, 1.165) is 5.23 Å². The zero-order valence-electron chi connectivity index (χ0n) is 9.23. The van der Waals surface area contributed by atoms with Gasteiger partial charge in [0.25, 0.3) is 0 Å². The van der Waals surface area contributed by atoms with Crippen LogP contribution in [0.15, 0.2) is 35.3 Å². The van der Waals surface area contributed by atoms with E-state index in [9.17, 15) is 0 Å². The molecule has 2 rings (SSSR count). The normalized spacial score (nSPS) is 26.6. The van der Waals surface area contributed by atoms with E-state index in [4.69, 9.17) is 4.74 Å². The molecule has 1 atom stereocenters. The summed E-state index contributed by atoms with van der Waals surface area (Å²) in [6, 6.07) is 10.4. The fourth-order valence-electron chi connectivity index (χ4n) is 1.74. The molecule has 15 heavy (non-hydrogen) atoms. The number of nitrogens with zero attached hydrogens (tertiary/aromatic N) is 1. The highest BCUT2D eigenvalue weighted by Crippen LogP contribution is 2.47. The molecule has 0 amide bonds. The lowest BCUT2D eigenvalue weighted by atomic mass is 9.98. The summed E-state index contributed by atoms with van der Waals surface area (Å²) in [6.07, 6.45) is 0. The molecule has 1 aromatic rings. The van der Waals surface area contributed by atoms with E-state index >= 15 is 0 Å². The van der Waals surface area contributed by atoms with Crippen molar-refractivity contribution in [2.24, 2.45) is 4.99 Å². The monoisotopic (exact) mass is 221 g/mol. The Hall–Kier alpha value is -0.960. The van der Waals surface area contributed by atoms with Gasteiger partial charge in [0.2, 0.25) is 5.23 Å². The molecule has 0 N–H and O–H groups in total. The van der Waals surface area contributed by atoms with E-state index in [0.29, 0.717) is 5.25 Å². The van der Waals surface area contributed by atoms with Crippen molar-refractivity contribution >= 4 is 17.0 Å². The fraction of sp³-hybridized carbons (Fsp3) is 0.417. The lowest BCUT2D eigenvalue weighted by molar-refractivity contribution is 0.110. The Kier molecular flexibility index (Phi) is 2.74. The molecule has 0 spiro atoms. The molecular formula is C12H15NOS. The smallest absolute Gasteiger partial charge is 0.246 e. The van der Waals surface area contributed by atoms with Crippen molar-refractivity contribution in [3.63, 3.8) is 0 Å². The second kappa shape index (κ2) is 3.89. The molecule has 1 unspecified atom stereocenters. The first-order valence-corrected chi connectivity index (χ1v) is 5.89. The first kappa shape index (κ1) is 10.6. The van der Waals surface area contributed by atoms with Crippen LogP contribution in [0.2, 0.25) is 0 Å². The molecule has 1 fully saturated rings. The molecule has 2 nitrogen and oxygen atoms in total. The number of benzene rings is 1. The third-order valence-corrected chi connectivity index (χ3v) is 4.03. The van der Waals surface area contributed by atoms with Crippen molar-refractivity contribution in [1.82, 2.24) is 0 Å². The molecule has 1 saturated heterocycles. The van der Waals surface area contributed by atoms with Crippen LogP contribution < -0.4 is 0 Å². The van der Waals surface area contributed by atoms with Gasteiger partial charge >= 0.3 is 0 Å². The standard InChI is InChI=1S/C12H15NOS/c1-12(2)10(15-11(13-3)14-12)9-7-5-4-6-8-9/h4-8,10H,1-3H3. The first-order chi connectivity index (χ1) is 7.13. The van der Waals surface area contributed by atoms with Gasteiger partial charge in [0.1, 0.15) is 5.60 Å². The minimum Gasteiger partial charge on any atom is -0.465 e. The number of rotatable bonds is 1. The van der Waals surface area contributed by atoms with Crippen molar-refractivity contribution < 1.29 is 4.74 Å². The van der Waals surface area contributed by atoms with Crippen LogP contribution >= 0.6 is 11.8 Å². The van der Waals surface area contributed by atoms with Gasteiger partial charge in [0, 0.05) is 7.05 Å². The maximum absolute atomic E-state index is 5.78. The fourth-order valence-corrected chi connectivity index (χ4v) is 2.94. The second-order valence-electron chi connectivity index (χ2n) is 4.10. The van der Waals surface area contributed by atoms with E-state index in [-0.39, 0.29) is 5.60 Å². The van der Waals surface area contributed by atoms with Gasteiger partial charge in [0.05, 0.1) is 5.25 Å². The molecule has 3 heteroatoms.